The summed E-state index contributed by atoms with van der Waals surface area (Å²) in [5.41, 5.74) is 1.73. The van der Waals surface area contributed by atoms with Crippen molar-refractivity contribution in [3.05, 3.63) is 33.7 Å². The first-order chi connectivity index (χ1) is 11.6. The predicted molar refractivity (Wildman–Crippen MR) is 95.7 cm³/mol. The lowest BCUT2D eigenvalue weighted by Crippen LogP contribution is -2.44. The van der Waals surface area contributed by atoms with Crippen molar-refractivity contribution in [2.75, 3.05) is 13.1 Å². The fourth-order valence-electron chi connectivity index (χ4n) is 4.40. The van der Waals surface area contributed by atoms with E-state index in [2.05, 4.69) is 9.88 Å². The summed E-state index contributed by atoms with van der Waals surface area (Å²) in [5, 5.41) is 10.3. The van der Waals surface area contributed by atoms with Crippen LogP contribution in [0.15, 0.2) is 23.0 Å². The zero-order valence-corrected chi connectivity index (χ0v) is 14.5. The molecule has 1 aliphatic heterocycles. The van der Waals surface area contributed by atoms with Crippen molar-refractivity contribution >= 4 is 22.6 Å². The second-order valence-electron chi connectivity index (χ2n) is 7.19. The Kier molecular flexibility index (Phi) is 4.41. The number of hydrogen-bond donors (Lipinski definition) is 2. The summed E-state index contributed by atoms with van der Waals surface area (Å²) >= 11 is 6.03. The molecule has 4 rings (SSSR count). The average molecular weight is 350 g/mol. The number of aliphatic hydroxyl groups is 1. The minimum Gasteiger partial charge on any atom is -0.393 e. The highest BCUT2D eigenvalue weighted by Crippen LogP contribution is 2.30. The van der Waals surface area contributed by atoms with E-state index in [0.717, 1.165) is 62.6 Å². The van der Waals surface area contributed by atoms with Gasteiger partial charge in [0.25, 0.3) is 0 Å². The van der Waals surface area contributed by atoms with E-state index < -0.39 is 0 Å². The molecule has 1 aliphatic carbocycles. The fraction of sp³-hybridized carbons (Fsp3) is 0.611. The van der Waals surface area contributed by atoms with Crippen molar-refractivity contribution in [3.8, 4) is 0 Å². The van der Waals surface area contributed by atoms with Crippen LogP contribution in [0.25, 0.3) is 11.0 Å². The largest absolute Gasteiger partial charge is 0.393 e. The number of rotatable bonds is 2. The molecule has 24 heavy (non-hydrogen) atoms. The first-order valence-electron chi connectivity index (χ1n) is 8.93. The van der Waals surface area contributed by atoms with E-state index >= 15 is 0 Å². The number of fused-ring (bicyclic) bond motifs is 1. The molecule has 2 heterocycles. The highest BCUT2D eigenvalue weighted by atomic mass is 35.5. The molecule has 1 saturated heterocycles. The highest BCUT2D eigenvalue weighted by Gasteiger charge is 2.29. The molecule has 0 bridgehead atoms. The van der Waals surface area contributed by atoms with Crippen LogP contribution in [0.4, 0.5) is 0 Å². The van der Waals surface area contributed by atoms with Crippen molar-refractivity contribution in [1.82, 2.24) is 14.5 Å². The van der Waals surface area contributed by atoms with Gasteiger partial charge in [-0.05, 0) is 56.7 Å². The maximum atomic E-state index is 12.4. The Morgan fingerprint density at radius 2 is 1.75 bits per heavy atom. The summed E-state index contributed by atoms with van der Waals surface area (Å²) in [6.45, 7) is 2.05. The van der Waals surface area contributed by atoms with Gasteiger partial charge in [0, 0.05) is 30.2 Å². The number of nitrogens with zero attached hydrogens (tertiary/aromatic N) is 2. The minimum atomic E-state index is -0.101. The van der Waals surface area contributed by atoms with E-state index in [9.17, 15) is 9.90 Å². The molecular weight excluding hydrogens is 326 g/mol. The van der Waals surface area contributed by atoms with Gasteiger partial charge in [0.2, 0.25) is 0 Å². The number of hydrogen-bond acceptors (Lipinski definition) is 3. The molecule has 0 radical (unpaired) electrons. The van der Waals surface area contributed by atoms with E-state index in [-0.39, 0.29) is 17.8 Å². The maximum absolute atomic E-state index is 12.4. The number of aromatic amines is 1. The third-order valence-electron chi connectivity index (χ3n) is 5.73. The fourth-order valence-corrected chi connectivity index (χ4v) is 4.57. The Bertz CT molecular complexity index is 768. The normalized spacial score (nSPS) is 26.9. The number of halogens is 1. The standard InChI is InChI=1S/C18H24ClN3O2/c19-12-1-6-17-16(11-12)20-18(24)22(17)14-7-9-21(10-8-14)13-2-4-15(23)5-3-13/h1,6,11,13-15,23H,2-5,7-10H2,(H,20,24). The molecule has 2 N–H and O–H groups in total. The maximum Gasteiger partial charge on any atom is 0.326 e. The molecule has 5 nitrogen and oxygen atoms in total. The molecule has 2 fully saturated rings. The quantitative estimate of drug-likeness (QED) is 0.876. The van der Waals surface area contributed by atoms with Crippen LogP contribution in [-0.4, -0.2) is 44.8 Å². The van der Waals surface area contributed by atoms with E-state index in [1.165, 1.54) is 0 Å². The van der Waals surface area contributed by atoms with Crippen molar-refractivity contribution < 1.29 is 5.11 Å². The number of imidazole rings is 1. The summed E-state index contributed by atoms with van der Waals surface area (Å²) in [7, 11) is 0. The zero-order chi connectivity index (χ0) is 16.7. The molecule has 1 saturated carbocycles. The molecule has 0 spiro atoms. The Balaban J connectivity index is 1.48. The van der Waals surface area contributed by atoms with E-state index in [0.29, 0.717) is 11.1 Å². The summed E-state index contributed by atoms with van der Waals surface area (Å²) in [4.78, 5) is 17.9. The van der Waals surface area contributed by atoms with Crippen LogP contribution >= 0.6 is 11.6 Å². The van der Waals surface area contributed by atoms with Crippen LogP contribution in [0, 0.1) is 0 Å². The number of aliphatic hydroxyl groups excluding tert-OH is 1. The van der Waals surface area contributed by atoms with Crippen molar-refractivity contribution in [1.29, 1.82) is 0 Å². The van der Waals surface area contributed by atoms with Crippen molar-refractivity contribution in [2.45, 2.75) is 56.7 Å². The minimum absolute atomic E-state index is 0.0356. The summed E-state index contributed by atoms with van der Waals surface area (Å²) in [6, 6.07) is 6.45. The number of piperidine rings is 1. The lowest BCUT2D eigenvalue weighted by Gasteiger charge is -2.40. The van der Waals surface area contributed by atoms with Gasteiger partial charge in [-0.15, -0.1) is 0 Å². The van der Waals surface area contributed by atoms with Crippen LogP contribution in [0.5, 0.6) is 0 Å². The topological polar surface area (TPSA) is 61.3 Å². The van der Waals surface area contributed by atoms with Gasteiger partial charge in [0.15, 0.2) is 0 Å². The first-order valence-corrected chi connectivity index (χ1v) is 9.31. The molecule has 2 aromatic rings. The van der Waals surface area contributed by atoms with E-state index in [4.69, 9.17) is 11.6 Å². The van der Waals surface area contributed by atoms with Crippen molar-refractivity contribution in [3.63, 3.8) is 0 Å². The molecule has 0 amide bonds. The molecule has 2 aliphatic rings. The molecule has 1 aromatic carbocycles. The van der Waals surface area contributed by atoms with Gasteiger partial charge in [0.1, 0.15) is 0 Å². The summed E-state index contributed by atoms with van der Waals surface area (Å²) in [5.74, 6) is 0. The van der Waals surface area contributed by atoms with Gasteiger partial charge in [0.05, 0.1) is 17.1 Å². The highest BCUT2D eigenvalue weighted by molar-refractivity contribution is 6.31. The Morgan fingerprint density at radius 1 is 1.04 bits per heavy atom. The first kappa shape index (κ1) is 16.2. The second kappa shape index (κ2) is 6.54. The number of aromatic nitrogens is 2. The Morgan fingerprint density at radius 3 is 2.46 bits per heavy atom. The molecule has 1 aromatic heterocycles. The third kappa shape index (κ3) is 3.01. The van der Waals surface area contributed by atoms with Gasteiger partial charge in [-0.2, -0.15) is 0 Å². The van der Waals surface area contributed by atoms with Gasteiger partial charge >= 0.3 is 5.69 Å². The third-order valence-corrected chi connectivity index (χ3v) is 5.96. The van der Waals surface area contributed by atoms with Gasteiger partial charge < -0.3 is 15.0 Å². The Labute approximate surface area is 146 Å². The van der Waals surface area contributed by atoms with Crippen LogP contribution in [0.2, 0.25) is 5.02 Å². The average Bonchev–Trinajstić information content (AvgIpc) is 2.90. The summed E-state index contributed by atoms with van der Waals surface area (Å²) < 4.78 is 1.91. The predicted octanol–water partition coefficient (Wildman–Crippen LogP) is 2.92. The molecule has 130 valence electrons. The van der Waals surface area contributed by atoms with Crippen LogP contribution in [0.3, 0.4) is 0 Å². The number of H-pyrrole nitrogens is 1. The van der Waals surface area contributed by atoms with Crippen LogP contribution in [0.1, 0.15) is 44.6 Å². The molecule has 0 atom stereocenters. The van der Waals surface area contributed by atoms with Gasteiger partial charge in [-0.25, -0.2) is 4.79 Å². The molecule has 6 heteroatoms. The smallest absolute Gasteiger partial charge is 0.326 e. The van der Waals surface area contributed by atoms with E-state index in [1.807, 2.05) is 22.8 Å². The van der Waals surface area contributed by atoms with Crippen LogP contribution < -0.4 is 5.69 Å². The lowest BCUT2D eigenvalue weighted by molar-refractivity contribution is 0.0571. The molecule has 0 unspecified atom stereocenters. The van der Waals surface area contributed by atoms with Gasteiger partial charge in [-0.1, -0.05) is 11.6 Å². The van der Waals surface area contributed by atoms with Gasteiger partial charge in [-0.3, -0.25) is 4.57 Å². The second-order valence-corrected chi connectivity index (χ2v) is 7.63. The number of benzene rings is 1. The Hall–Kier alpha value is -1.30. The SMILES string of the molecule is O=c1[nH]c2cc(Cl)ccc2n1C1CCN(C2CCC(O)CC2)CC1. The number of nitrogens with one attached hydrogen (secondary N) is 1. The lowest BCUT2D eigenvalue weighted by atomic mass is 9.90. The summed E-state index contributed by atoms with van der Waals surface area (Å²) in [6.07, 6.45) is 5.92. The van der Waals surface area contributed by atoms with E-state index in [1.54, 1.807) is 0 Å². The number of likely N-dealkylation sites (tertiary alicyclic amines) is 1. The van der Waals surface area contributed by atoms with Crippen LogP contribution in [-0.2, 0) is 0 Å². The zero-order valence-electron chi connectivity index (χ0n) is 13.7. The molecular formula is C18H24ClN3O2. The van der Waals surface area contributed by atoms with Crippen molar-refractivity contribution in [2.24, 2.45) is 0 Å². The monoisotopic (exact) mass is 349 g/mol.